The number of halogens is 1. The van der Waals surface area contributed by atoms with E-state index in [1.807, 2.05) is 20.8 Å². The van der Waals surface area contributed by atoms with E-state index in [0.29, 0.717) is 24.0 Å². The van der Waals surface area contributed by atoms with E-state index >= 15 is 0 Å². The van der Waals surface area contributed by atoms with Crippen molar-refractivity contribution in [2.45, 2.75) is 32.2 Å². The first-order valence-corrected chi connectivity index (χ1v) is 9.22. The monoisotopic (exact) mass is 335 g/mol. The van der Waals surface area contributed by atoms with Crippen molar-refractivity contribution >= 4 is 37.9 Å². The first-order chi connectivity index (χ1) is 9.41. The number of thiazole rings is 1. The lowest BCUT2D eigenvalue weighted by Crippen LogP contribution is -2.35. The van der Waals surface area contributed by atoms with Crippen LogP contribution in [0.3, 0.4) is 0 Å². The Hall–Kier alpha value is -0.630. The molecule has 5 nitrogen and oxygen atoms in total. The molecule has 8 heteroatoms. The minimum atomic E-state index is -3.63. The van der Waals surface area contributed by atoms with Crippen LogP contribution < -0.4 is 0 Å². The minimum absolute atomic E-state index is 0.0412. The number of nitrogens with zero attached hydrogens (tertiary/aromatic N) is 3. The van der Waals surface area contributed by atoms with Gasteiger partial charge in [-0.3, -0.25) is 4.40 Å². The molecule has 2 heterocycles. The maximum Gasteiger partial charge on any atom is 0.262 e. The third-order valence-corrected chi connectivity index (χ3v) is 6.43. The summed E-state index contributed by atoms with van der Waals surface area (Å²) < 4.78 is 28.6. The smallest absolute Gasteiger partial charge is 0.262 e. The molecule has 20 heavy (non-hydrogen) atoms. The number of imidazole rings is 1. The molecule has 0 aromatic carbocycles. The molecule has 2 aromatic heterocycles. The quantitative estimate of drug-likeness (QED) is 0.815. The summed E-state index contributed by atoms with van der Waals surface area (Å²) in [5.41, 5.74) is 0. The van der Waals surface area contributed by atoms with Crippen LogP contribution in [0.1, 0.15) is 27.2 Å². The highest BCUT2D eigenvalue weighted by molar-refractivity contribution is 7.89. The van der Waals surface area contributed by atoms with Crippen molar-refractivity contribution in [1.82, 2.24) is 13.7 Å². The molecule has 0 aliphatic carbocycles. The molecule has 0 saturated heterocycles. The van der Waals surface area contributed by atoms with Crippen molar-refractivity contribution in [3.63, 3.8) is 0 Å². The van der Waals surface area contributed by atoms with Crippen LogP contribution in [0, 0.1) is 5.92 Å². The Bertz CT molecular complexity index is 693. The van der Waals surface area contributed by atoms with Crippen molar-refractivity contribution < 1.29 is 8.42 Å². The minimum Gasteiger partial charge on any atom is -0.279 e. The van der Waals surface area contributed by atoms with Crippen molar-refractivity contribution in [3.05, 3.63) is 16.7 Å². The van der Waals surface area contributed by atoms with Crippen LogP contribution in [0.25, 0.3) is 4.96 Å². The Balaban J connectivity index is 2.47. The molecule has 0 aliphatic rings. The van der Waals surface area contributed by atoms with Gasteiger partial charge < -0.3 is 0 Å². The number of rotatable bonds is 6. The Morgan fingerprint density at radius 2 is 2.20 bits per heavy atom. The van der Waals surface area contributed by atoms with Gasteiger partial charge in [0.15, 0.2) is 15.1 Å². The second kappa shape index (κ2) is 6.01. The third kappa shape index (κ3) is 2.72. The van der Waals surface area contributed by atoms with E-state index in [9.17, 15) is 8.42 Å². The van der Waals surface area contributed by atoms with Crippen molar-refractivity contribution in [2.24, 2.45) is 5.92 Å². The van der Waals surface area contributed by atoms with Gasteiger partial charge in [0.25, 0.3) is 10.0 Å². The van der Waals surface area contributed by atoms with Gasteiger partial charge in [0, 0.05) is 24.7 Å². The number of sulfonamides is 1. The van der Waals surface area contributed by atoms with E-state index in [-0.39, 0.29) is 10.2 Å². The maximum atomic E-state index is 12.8. The van der Waals surface area contributed by atoms with Gasteiger partial charge in [0.2, 0.25) is 0 Å². The Labute approximate surface area is 128 Å². The SMILES string of the molecule is CCC(C)CN(CC)S(=O)(=O)c1c(Cl)nc2sccn12. The lowest BCUT2D eigenvalue weighted by Gasteiger charge is -2.23. The average molecular weight is 336 g/mol. The van der Waals surface area contributed by atoms with Crippen LogP contribution in [0.15, 0.2) is 16.6 Å². The average Bonchev–Trinajstić information content (AvgIpc) is 2.94. The zero-order valence-corrected chi connectivity index (χ0v) is 14.1. The number of fused-ring (bicyclic) bond motifs is 1. The largest absolute Gasteiger partial charge is 0.279 e. The first-order valence-electron chi connectivity index (χ1n) is 6.53. The van der Waals surface area contributed by atoms with Crippen molar-refractivity contribution in [3.8, 4) is 0 Å². The second-order valence-electron chi connectivity index (χ2n) is 4.73. The molecule has 0 saturated carbocycles. The van der Waals surface area contributed by atoms with Gasteiger partial charge in [-0.05, 0) is 5.92 Å². The van der Waals surface area contributed by atoms with Crippen molar-refractivity contribution in [1.29, 1.82) is 0 Å². The summed E-state index contributed by atoms with van der Waals surface area (Å²) in [5.74, 6) is 0.300. The molecule has 2 aromatic rings. The standard InChI is InChI=1S/C12H18ClN3O2S2/c1-4-9(3)8-15(5-2)20(17,18)11-10(13)14-12-16(11)6-7-19-12/h6-7,9H,4-5,8H2,1-3H3. The summed E-state index contributed by atoms with van der Waals surface area (Å²) in [7, 11) is -3.63. The lowest BCUT2D eigenvalue weighted by atomic mass is 10.1. The fourth-order valence-corrected chi connectivity index (χ4v) is 4.94. The predicted octanol–water partition coefficient (Wildman–Crippen LogP) is 3.11. The van der Waals surface area contributed by atoms with Gasteiger partial charge in [0.1, 0.15) is 0 Å². The zero-order chi connectivity index (χ0) is 14.9. The van der Waals surface area contributed by atoms with E-state index in [1.54, 1.807) is 16.0 Å². The molecule has 0 fully saturated rings. The van der Waals surface area contributed by atoms with Gasteiger partial charge >= 0.3 is 0 Å². The molecule has 0 aliphatic heterocycles. The van der Waals surface area contributed by atoms with Crippen LogP contribution >= 0.6 is 22.9 Å². The van der Waals surface area contributed by atoms with Crippen LogP contribution in [-0.4, -0.2) is 35.2 Å². The van der Waals surface area contributed by atoms with Crippen LogP contribution in [-0.2, 0) is 10.0 Å². The summed E-state index contributed by atoms with van der Waals surface area (Å²) in [5, 5.41) is 1.91. The van der Waals surface area contributed by atoms with E-state index < -0.39 is 10.0 Å². The maximum absolute atomic E-state index is 12.8. The highest BCUT2D eigenvalue weighted by atomic mass is 35.5. The highest BCUT2D eigenvalue weighted by Gasteiger charge is 2.31. The Morgan fingerprint density at radius 1 is 1.50 bits per heavy atom. The summed E-state index contributed by atoms with van der Waals surface area (Å²) in [6, 6.07) is 0. The molecular formula is C12H18ClN3O2S2. The van der Waals surface area contributed by atoms with Crippen molar-refractivity contribution in [2.75, 3.05) is 13.1 Å². The molecule has 0 amide bonds. The van der Waals surface area contributed by atoms with Gasteiger partial charge in [-0.25, -0.2) is 13.4 Å². The molecular weight excluding hydrogens is 318 g/mol. The van der Waals surface area contributed by atoms with E-state index in [4.69, 9.17) is 11.6 Å². The molecule has 0 N–H and O–H groups in total. The molecule has 1 unspecified atom stereocenters. The highest BCUT2D eigenvalue weighted by Crippen LogP contribution is 2.28. The normalized spacial score (nSPS) is 14.2. The van der Waals surface area contributed by atoms with Crippen LogP contribution in [0.2, 0.25) is 5.15 Å². The topological polar surface area (TPSA) is 54.7 Å². The second-order valence-corrected chi connectivity index (χ2v) is 7.82. The first kappa shape index (κ1) is 15.8. The fourth-order valence-electron chi connectivity index (χ4n) is 1.97. The van der Waals surface area contributed by atoms with Crippen LogP contribution in [0.5, 0.6) is 0 Å². The summed E-state index contributed by atoms with van der Waals surface area (Å²) in [4.78, 5) is 4.69. The molecule has 0 radical (unpaired) electrons. The number of hydrogen-bond donors (Lipinski definition) is 0. The third-order valence-electron chi connectivity index (χ3n) is 3.33. The Kier molecular flexibility index (Phi) is 4.73. The van der Waals surface area contributed by atoms with E-state index in [1.165, 1.54) is 15.6 Å². The van der Waals surface area contributed by atoms with E-state index in [0.717, 1.165) is 6.42 Å². The zero-order valence-electron chi connectivity index (χ0n) is 11.7. The fraction of sp³-hybridized carbons (Fsp3) is 0.583. The number of aromatic nitrogens is 2. The van der Waals surface area contributed by atoms with Gasteiger partial charge in [-0.15, -0.1) is 11.3 Å². The molecule has 0 spiro atoms. The summed E-state index contributed by atoms with van der Waals surface area (Å²) >= 11 is 7.39. The van der Waals surface area contributed by atoms with Gasteiger partial charge in [-0.1, -0.05) is 38.8 Å². The lowest BCUT2D eigenvalue weighted by molar-refractivity contribution is 0.360. The molecule has 2 rings (SSSR count). The summed E-state index contributed by atoms with van der Waals surface area (Å²) in [6.07, 6.45) is 2.61. The van der Waals surface area contributed by atoms with Crippen LogP contribution in [0.4, 0.5) is 0 Å². The number of hydrogen-bond acceptors (Lipinski definition) is 4. The molecule has 0 bridgehead atoms. The van der Waals surface area contributed by atoms with Gasteiger partial charge in [-0.2, -0.15) is 4.31 Å². The van der Waals surface area contributed by atoms with Gasteiger partial charge in [0.05, 0.1) is 0 Å². The Morgan fingerprint density at radius 3 is 2.80 bits per heavy atom. The predicted molar refractivity (Wildman–Crippen MR) is 82.0 cm³/mol. The van der Waals surface area contributed by atoms with E-state index in [2.05, 4.69) is 4.98 Å². The summed E-state index contributed by atoms with van der Waals surface area (Å²) in [6.45, 7) is 6.83. The molecule has 1 atom stereocenters. The molecule has 112 valence electrons.